The summed E-state index contributed by atoms with van der Waals surface area (Å²) >= 11 is 6.16. The highest BCUT2D eigenvalue weighted by Gasteiger charge is 2.16. The summed E-state index contributed by atoms with van der Waals surface area (Å²) in [6.45, 7) is 1.65. The van der Waals surface area contributed by atoms with Crippen LogP contribution in [-0.4, -0.2) is 32.2 Å². The van der Waals surface area contributed by atoms with Gasteiger partial charge in [-0.15, -0.1) is 5.10 Å². The fraction of sp³-hybridized carbons (Fsp3) is 0.200. The van der Waals surface area contributed by atoms with E-state index in [2.05, 4.69) is 14.8 Å². The number of halogens is 1. The largest absolute Gasteiger partial charge is 0.468 e. The molecule has 8 heteroatoms. The molecule has 0 spiro atoms. The highest BCUT2D eigenvalue weighted by Crippen LogP contribution is 2.24. The first-order chi connectivity index (χ1) is 11.0. The monoisotopic (exact) mass is 332 g/mol. The van der Waals surface area contributed by atoms with Crippen LogP contribution >= 0.6 is 11.6 Å². The van der Waals surface area contributed by atoms with Crippen molar-refractivity contribution in [3.05, 3.63) is 51.4 Å². The van der Waals surface area contributed by atoms with Crippen LogP contribution < -0.4 is 5.56 Å². The van der Waals surface area contributed by atoms with Gasteiger partial charge in [0, 0.05) is 17.3 Å². The van der Waals surface area contributed by atoms with E-state index in [1.54, 1.807) is 35.8 Å². The molecule has 0 N–H and O–H groups in total. The van der Waals surface area contributed by atoms with Crippen molar-refractivity contribution in [2.45, 2.75) is 13.5 Å². The number of nitrogens with zero attached hydrogens (tertiary/aromatic N) is 4. The topological polar surface area (TPSA) is 78.5 Å². The van der Waals surface area contributed by atoms with Crippen LogP contribution in [0, 0.1) is 6.92 Å². The Morgan fingerprint density at radius 3 is 2.78 bits per heavy atom. The van der Waals surface area contributed by atoms with Gasteiger partial charge in [-0.1, -0.05) is 23.7 Å². The van der Waals surface area contributed by atoms with Crippen LogP contribution in [0.4, 0.5) is 0 Å². The van der Waals surface area contributed by atoms with Crippen LogP contribution in [0.1, 0.15) is 5.69 Å². The summed E-state index contributed by atoms with van der Waals surface area (Å²) in [4.78, 5) is 28.1. The normalized spacial score (nSPS) is 10.9. The van der Waals surface area contributed by atoms with E-state index in [0.29, 0.717) is 22.1 Å². The number of fused-ring (bicyclic) bond motifs is 1. The molecule has 3 rings (SSSR count). The Bertz CT molecular complexity index is 961. The zero-order valence-electron chi connectivity index (χ0n) is 12.5. The van der Waals surface area contributed by atoms with Gasteiger partial charge in [0.1, 0.15) is 6.54 Å². The molecule has 0 aliphatic rings. The molecule has 7 nitrogen and oxygen atoms in total. The molecule has 0 fully saturated rings. The highest BCUT2D eigenvalue weighted by atomic mass is 35.5. The molecule has 2 aromatic heterocycles. The number of aryl methyl sites for hydroxylation is 1. The number of methoxy groups -OCH3 is 1. The van der Waals surface area contributed by atoms with Gasteiger partial charge >= 0.3 is 5.97 Å². The van der Waals surface area contributed by atoms with E-state index in [0.717, 1.165) is 4.52 Å². The number of carbonyl (C=O) groups excluding carboxylic acids is 1. The predicted molar refractivity (Wildman–Crippen MR) is 84.4 cm³/mol. The first kappa shape index (κ1) is 15.2. The number of carbonyl (C=O) groups is 1. The van der Waals surface area contributed by atoms with E-state index in [9.17, 15) is 9.59 Å². The van der Waals surface area contributed by atoms with E-state index in [4.69, 9.17) is 11.6 Å². The molecule has 0 unspecified atom stereocenters. The minimum absolute atomic E-state index is 0.0627. The van der Waals surface area contributed by atoms with Gasteiger partial charge in [0.25, 0.3) is 5.56 Å². The van der Waals surface area contributed by atoms with Gasteiger partial charge in [-0.25, -0.2) is 0 Å². The standard InChI is InChI=1S/C15H13ClN4O3/c1-9-7-12(21)20-15(19(9)8-13(22)23-2)17-14(18-20)10-5-3-4-6-11(10)16/h3-7H,8H2,1-2H3. The van der Waals surface area contributed by atoms with Crippen molar-refractivity contribution in [1.82, 2.24) is 19.2 Å². The lowest BCUT2D eigenvalue weighted by atomic mass is 10.2. The molecule has 2 heterocycles. The Balaban J connectivity index is 2.24. The summed E-state index contributed by atoms with van der Waals surface area (Å²) in [6.07, 6.45) is 0. The average Bonchev–Trinajstić information content (AvgIpc) is 2.97. The maximum absolute atomic E-state index is 12.1. The summed E-state index contributed by atoms with van der Waals surface area (Å²) in [5, 5.41) is 4.69. The van der Waals surface area contributed by atoms with Gasteiger partial charge in [0.2, 0.25) is 5.78 Å². The van der Waals surface area contributed by atoms with E-state index in [1.807, 2.05) is 0 Å². The van der Waals surface area contributed by atoms with E-state index < -0.39 is 5.97 Å². The van der Waals surface area contributed by atoms with Gasteiger partial charge in [-0.05, 0) is 19.1 Å². The lowest BCUT2D eigenvalue weighted by Crippen LogP contribution is -2.23. The van der Waals surface area contributed by atoms with Crippen LogP contribution in [0.5, 0.6) is 0 Å². The molecule has 1 aromatic carbocycles. The molecule has 3 aromatic rings. The predicted octanol–water partition coefficient (Wildman–Crippen LogP) is 1.69. The van der Waals surface area contributed by atoms with Gasteiger partial charge in [-0.3, -0.25) is 9.59 Å². The van der Waals surface area contributed by atoms with Crippen LogP contribution in [0.25, 0.3) is 17.2 Å². The number of aromatic nitrogens is 4. The Labute approximate surface area is 136 Å². The van der Waals surface area contributed by atoms with Crippen molar-refractivity contribution in [3.63, 3.8) is 0 Å². The molecule has 23 heavy (non-hydrogen) atoms. The smallest absolute Gasteiger partial charge is 0.325 e. The van der Waals surface area contributed by atoms with Crippen LogP contribution in [0.2, 0.25) is 5.02 Å². The van der Waals surface area contributed by atoms with Gasteiger partial charge < -0.3 is 9.30 Å². The summed E-state index contributed by atoms with van der Waals surface area (Å²) in [6, 6.07) is 8.47. The fourth-order valence-electron chi connectivity index (χ4n) is 2.25. The van der Waals surface area contributed by atoms with Gasteiger partial charge in [0.05, 0.1) is 12.1 Å². The first-order valence-electron chi connectivity index (χ1n) is 6.80. The summed E-state index contributed by atoms with van der Waals surface area (Å²) in [5.41, 5.74) is 0.870. The van der Waals surface area contributed by atoms with E-state index >= 15 is 0 Å². The Morgan fingerprint density at radius 1 is 1.35 bits per heavy atom. The number of hydrogen-bond acceptors (Lipinski definition) is 5. The lowest BCUT2D eigenvalue weighted by molar-refractivity contribution is -0.141. The number of esters is 1. The van der Waals surface area contributed by atoms with Crippen molar-refractivity contribution < 1.29 is 9.53 Å². The van der Waals surface area contributed by atoms with E-state index in [-0.39, 0.29) is 17.9 Å². The number of ether oxygens (including phenoxy) is 1. The number of benzene rings is 1. The average molecular weight is 333 g/mol. The zero-order valence-corrected chi connectivity index (χ0v) is 13.2. The van der Waals surface area contributed by atoms with E-state index in [1.165, 1.54) is 13.2 Å². The molecule has 0 radical (unpaired) electrons. The number of rotatable bonds is 3. The van der Waals surface area contributed by atoms with Crippen molar-refractivity contribution in [2.75, 3.05) is 7.11 Å². The Kier molecular flexibility index (Phi) is 3.87. The molecule has 0 bridgehead atoms. The molecule has 0 amide bonds. The van der Waals surface area contributed by atoms with Gasteiger partial charge in [-0.2, -0.15) is 9.50 Å². The second kappa shape index (κ2) is 5.85. The van der Waals surface area contributed by atoms with Crippen LogP contribution in [0.15, 0.2) is 35.1 Å². The SMILES string of the molecule is COC(=O)Cn1c(C)cc(=O)n2nc(-c3ccccc3Cl)nc12. The minimum atomic E-state index is -0.444. The van der Waals surface area contributed by atoms with Crippen molar-refractivity contribution >= 4 is 23.3 Å². The summed E-state index contributed by atoms with van der Waals surface area (Å²) in [7, 11) is 1.30. The van der Waals surface area contributed by atoms with Crippen molar-refractivity contribution in [3.8, 4) is 11.4 Å². The maximum atomic E-state index is 12.1. The van der Waals surface area contributed by atoms with Crippen LogP contribution in [-0.2, 0) is 16.1 Å². The Hall–Kier alpha value is -2.67. The second-order valence-corrected chi connectivity index (χ2v) is 5.32. The third kappa shape index (κ3) is 2.70. The summed E-state index contributed by atoms with van der Waals surface area (Å²) < 4.78 is 7.40. The third-order valence-electron chi connectivity index (χ3n) is 3.43. The highest BCUT2D eigenvalue weighted by molar-refractivity contribution is 6.33. The molecule has 0 aliphatic carbocycles. The van der Waals surface area contributed by atoms with Crippen molar-refractivity contribution in [2.24, 2.45) is 0 Å². The molecule has 0 saturated heterocycles. The molecular weight excluding hydrogens is 320 g/mol. The van der Waals surface area contributed by atoms with Gasteiger partial charge in [0.15, 0.2) is 5.82 Å². The maximum Gasteiger partial charge on any atom is 0.325 e. The third-order valence-corrected chi connectivity index (χ3v) is 3.76. The van der Waals surface area contributed by atoms with Crippen LogP contribution in [0.3, 0.4) is 0 Å². The second-order valence-electron chi connectivity index (χ2n) is 4.91. The zero-order chi connectivity index (χ0) is 16.6. The minimum Gasteiger partial charge on any atom is -0.468 e. The summed E-state index contributed by atoms with van der Waals surface area (Å²) in [5.74, 6) is 0.133. The Morgan fingerprint density at radius 2 is 2.09 bits per heavy atom. The molecule has 0 aliphatic heterocycles. The van der Waals surface area contributed by atoms with Crippen molar-refractivity contribution in [1.29, 1.82) is 0 Å². The fourth-order valence-corrected chi connectivity index (χ4v) is 2.47. The lowest BCUT2D eigenvalue weighted by Gasteiger charge is -2.09. The molecule has 0 atom stereocenters. The number of hydrogen-bond donors (Lipinski definition) is 0. The molecular formula is C15H13ClN4O3. The quantitative estimate of drug-likeness (QED) is 0.682. The first-order valence-corrected chi connectivity index (χ1v) is 7.18. The molecule has 118 valence electrons. The molecule has 0 saturated carbocycles.